The summed E-state index contributed by atoms with van der Waals surface area (Å²) in [5.41, 5.74) is 2.68. The van der Waals surface area contributed by atoms with Crippen LogP contribution in [-0.4, -0.2) is 12.1 Å². The molecule has 1 aliphatic rings. The van der Waals surface area contributed by atoms with Crippen LogP contribution in [0.3, 0.4) is 0 Å². The molecule has 2 nitrogen and oxygen atoms in total. The molecule has 0 bridgehead atoms. The van der Waals surface area contributed by atoms with Crippen LogP contribution in [0, 0.1) is 0 Å². The van der Waals surface area contributed by atoms with Gasteiger partial charge < -0.3 is 0 Å². The van der Waals surface area contributed by atoms with Gasteiger partial charge in [0.2, 0.25) is 6.08 Å². The second-order valence-corrected chi connectivity index (χ2v) is 4.45. The Kier molecular flexibility index (Phi) is 2.80. The first-order valence-electron chi connectivity index (χ1n) is 4.64. The molecule has 0 saturated heterocycles. The van der Waals surface area contributed by atoms with Gasteiger partial charge in [-0.05, 0) is 42.5 Å². The van der Waals surface area contributed by atoms with Crippen molar-refractivity contribution < 1.29 is 4.79 Å². The van der Waals surface area contributed by atoms with Gasteiger partial charge in [-0.1, -0.05) is 22.0 Å². The lowest BCUT2D eigenvalue weighted by molar-refractivity contribution is 0.539. The maximum atomic E-state index is 10.1. The Morgan fingerprint density at radius 1 is 1.43 bits per heavy atom. The number of isocyanates is 1. The van der Waals surface area contributed by atoms with Crippen molar-refractivity contribution in [2.75, 3.05) is 0 Å². The molecule has 2 rings (SSSR count). The predicted octanol–water partition coefficient (Wildman–Crippen LogP) is 2.64. The molecule has 72 valence electrons. The van der Waals surface area contributed by atoms with Crippen LogP contribution in [0.15, 0.2) is 27.7 Å². The summed E-state index contributed by atoms with van der Waals surface area (Å²) in [6.45, 7) is 0. The van der Waals surface area contributed by atoms with Gasteiger partial charge in [0.05, 0.1) is 6.04 Å². The zero-order valence-corrected chi connectivity index (χ0v) is 9.25. The third kappa shape index (κ3) is 1.94. The van der Waals surface area contributed by atoms with Gasteiger partial charge in [0.1, 0.15) is 0 Å². The number of fused-ring (bicyclic) bond motifs is 1. The number of hydrogen-bond donors (Lipinski definition) is 0. The van der Waals surface area contributed by atoms with Crippen molar-refractivity contribution in [1.29, 1.82) is 0 Å². The van der Waals surface area contributed by atoms with Crippen LogP contribution in [0.2, 0.25) is 0 Å². The Labute approximate surface area is 91.2 Å². The van der Waals surface area contributed by atoms with Crippen LogP contribution in [0.5, 0.6) is 0 Å². The first-order chi connectivity index (χ1) is 6.79. The Morgan fingerprint density at radius 3 is 3.07 bits per heavy atom. The summed E-state index contributed by atoms with van der Waals surface area (Å²) in [6, 6.07) is 6.43. The first kappa shape index (κ1) is 9.63. The molecule has 0 fully saturated rings. The summed E-state index contributed by atoms with van der Waals surface area (Å²) in [5, 5.41) is 0. The van der Waals surface area contributed by atoms with E-state index in [0.29, 0.717) is 0 Å². The average molecular weight is 252 g/mol. The fourth-order valence-corrected chi connectivity index (χ4v) is 2.30. The monoisotopic (exact) mass is 251 g/mol. The van der Waals surface area contributed by atoms with Gasteiger partial charge >= 0.3 is 0 Å². The molecule has 0 radical (unpaired) electrons. The fraction of sp³-hybridized carbons (Fsp3) is 0.364. The third-order valence-corrected chi connectivity index (χ3v) is 3.10. The smallest absolute Gasteiger partial charge is 0.211 e. The zero-order chi connectivity index (χ0) is 9.97. The van der Waals surface area contributed by atoms with E-state index >= 15 is 0 Å². The number of nitrogens with zero attached hydrogens (tertiary/aromatic N) is 1. The lowest BCUT2D eigenvalue weighted by atomic mass is 9.89. The molecule has 0 saturated carbocycles. The minimum absolute atomic E-state index is 0.140. The van der Waals surface area contributed by atoms with Gasteiger partial charge in [-0.25, -0.2) is 9.79 Å². The average Bonchev–Trinajstić information content (AvgIpc) is 2.19. The standard InChI is InChI=1S/C11H10BrNO/c12-10-3-1-9-6-11(13-7-14)4-2-8(9)5-10/h1,3,5,11H,2,4,6H2. The molecule has 1 aromatic rings. The van der Waals surface area contributed by atoms with Crippen LogP contribution in [0.4, 0.5) is 0 Å². The van der Waals surface area contributed by atoms with E-state index in [4.69, 9.17) is 0 Å². The van der Waals surface area contributed by atoms with E-state index in [-0.39, 0.29) is 6.04 Å². The van der Waals surface area contributed by atoms with E-state index in [2.05, 4.69) is 33.1 Å². The fourth-order valence-electron chi connectivity index (χ4n) is 1.89. The van der Waals surface area contributed by atoms with Crippen LogP contribution in [0.1, 0.15) is 17.5 Å². The lowest BCUT2D eigenvalue weighted by Crippen LogP contribution is -2.17. The predicted molar refractivity (Wildman–Crippen MR) is 58.1 cm³/mol. The van der Waals surface area contributed by atoms with Crippen LogP contribution in [-0.2, 0) is 17.6 Å². The van der Waals surface area contributed by atoms with E-state index in [1.165, 1.54) is 11.1 Å². The topological polar surface area (TPSA) is 29.4 Å². The number of aryl methyl sites for hydroxylation is 1. The molecule has 0 N–H and O–H groups in total. The second kappa shape index (κ2) is 4.07. The van der Waals surface area contributed by atoms with E-state index < -0.39 is 0 Å². The summed E-state index contributed by atoms with van der Waals surface area (Å²) in [6.07, 6.45) is 4.48. The molecule has 0 spiro atoms. The van der Waals surface area contributed by atoms with Crippen molar-refractivity contribution in [3.8, 4) is 0 Å². The van der Waals surface area contributed by atoms with E-state index in [1.54, 1.807) is 6.08 Å². The van der Waals surface area contributed by atoms with Gasteiger partial charge in [0, 0.05) is 4.47 Å². The minimum atomic E-state index is 0.140. The summed E-state index contributed by atoms with van der Waals surface area (Å²) < 4.78 is 1.12. The first-order valence-corrected chi connectivity index (χ1v) is 5.43. The molecular weight excluding hydrogens is 242 g/mol. The maximum absolute atomic E-state index is 10.1. The molecule has 0 aliphatic heterocycles. The van der Waals surface area contributed by atoms with Crippen molar-refractivity contribution in [3.63, 3.8) is 0 Å². The molecule has 1 aliphatic carbocycles. The van der Waals surface area contributed by atoms with Crippen LogP contribution >= 0.6 is 15.9 Å². The Balaban J connectivity index is 2.27. The lowest BCUT2D eigenvalue weighted by Gasteiger charge is -2.20. The van der Waals surface area contributed by atoms with Crippen molar-refractivity contribution in [2.45, 2.75) is 25.3 Å². The number of aliphatic imine (C=N–C) groups is 1. The highest BCUT2D eigenvalue weighted by Gasteiger charge is 2.17. The number of rotatable bonds is 1. The van der Waals surface area contributed by atoms with Crippen molar-refractivity contribution in [3.05, 3.63) is 33.8 Å². The van der Waals surface area contributed by atoms with Gasteiger partial charge in [-0.15, -0.1) is 0 Å². The zero-order valence-electron chi connectivity index (χ0n) is 7.66. The van der Waals surface area contributed by atoms with E-state index in [1.807, 2.05) is 6.07 Å². The normalized spacial score (nSPS) is 19.6. The largest absolute Gasteiger partial charge is 0.235 e. The minimum Gasteiger partial charge on any atom is -0.211 e. The SMILES string of the molecule is O=C=NC1CCc2cc(Br)ccc2C1. The summed E-state index contributed by atoms with van der Waals surface area (Å²) in [7, 11) is 0. The molecule has 1 atom stereocenters. The summed E-state index contributed by atoms with van der Waals surface area (Å²) >= 11 is 3.45. The van der Waals surface area contributed by atoms with Crippen LogP contribution in [0.25, 0.3) is 0 Å². The van der Waals surface area contributed by atoms with Crippen molar-refractivity contribution in [1.82, 2.24) is 0 Å². The van der Waals surface area contributed by atoms with Gasteiger partial charge in [-0.2, -0.15) is 0 Å². The van der Waals surface area contributed by atoms with Gasteiger partial charge in [-0.3, -0.25) is 0 Å². The van der Waals surface area contributed by atoms with Gasteiger partial charge in [0.25, 0.3) is 0 Å². The second-order valence-electron chi connectivity index (χ2n) is 3.53. The van der Waals surface area contributed by atoms with Crippen molar-refractivity contribution in [2.24, 2.45) is 4.99 Å². The van der Waals surface area contributed by atoms with Crippen LogP contribution < -0.4 is 0 Å². The molecule has 14 heavy (non-hydrogen) atoms. The number of benzene rings is 1. The van der Waals surface area contributed by atoms with Gasteiger partial charge in [0.15, 0.2) is 0 Å². The molecule has 1 unspecified atom stereocenters. The molecular formula is C11H10BrNO. The molecule has 3 heteroatoms. The quantitative estimate of drug-likeness (QED) is 0.558. The Hall–Kier alpha value is -0.920. The number of halogens is 1. The van der Waals surface area contributed by atoms with E-state index in [9.17, 15) is 4.79 Å². The molecule has 0 heterocycles. The summed E-state index contributed by atoms with van der Waals surface area (Å²) in [4.78, 5) is 13.9. The Morgan fingerprint density at radius 2 is 2.29 bits per heavy atom. The molecule has 0 aromatic heterocycles. The maximum Gasteiger partial charge on any atom is 0.235 e. The molecule has 0 amide bonds. The highest BCUT2D eigenvalue weighted by molar-refractivity contribution is 9.10. The molecule has 1 aromatic carbocycles. The van der Waals surface area contributed by atoms with E-state index in [0.717, 1.165) is 23.7 Å². The third-order valence-electron chi connectivity index (χ3n) is 2.61. The highest BCUT2D eigenvalue weighted by Crippen LogP contribution is 2.25. The highest BCUT2D eigenvalue weighted by atomic mass is 79.9. The summed E-state index contributed by atoms with van der Waals surface area (Å²) in [5.74, 6) is 0. The number of hydrogen-bond acceptors (Lipinski definition) is 2. The Bertz CT molecular complexity index is 396. The van der Waals surface area contributed by atoms with Crippen molar-refractivity contribution >= 4 is 22.0 Å². The number of carbonyl (C=O) groups excluding carboxylic acids is 1.